The van der Waals surface area contributed by atoms with E-state index in [1.165, 1.54) is 12.8 Å². The fraction of sp³-hybridized carbons (Fsp3) is 0.478. The largest absolute Gasteiger partial charge is 4.00 e. The van der Waals surface area contributed by atoms with Crippen LogP contribution in [-0.4, -0.2) is 0 Å². The van der Waals surface area contributed by atoms with Crippen LogP contribution in [0.1, 0.15) is 26.7 Å². The minimum absolute atomic E-state index is 0. The topological polar surface area (TPSA) is 0 Å². The van der Waals surface area contributed by atoms with E-state index in [4.69, 9.17) is 0 Å². The van der Waals surface area contributed by atoms with Crippen LogP contribution in [0.15, 0.2) is 48.6 Å². The second kappa shape index (κ2) is 8.47. The van der Waals surface area contributed by atoms with Crippen molar-refractivity contribution in [1.29, 1.82) is 0 Å². The molecule has 0 aliphatic heterocycles. The summed E-state index contributed by atoms with van der Waals surface area (Å²) in [6, 6.07) is 0. The third kappa shape index (κ3) is 3.81. The molecule has 6 atom stereocenters. The molecule has 24 heavy (non-hydrogen) atoms. The average Bonchev–Trinajstić information content (AvgIpc) is 3.11. The van der Waals surface area contributed by atoms with Gasteiger partial charge in [0.05, 0.1) is 0 Å². The van der Waals surface area contributed by atoms with Gasteiger partial charge in [0.2, 0.25) is 0 Å². The van der Waals surface area contributed by atoms with Crippen LogP contribution in [-0.2, 0) is 25.8 Å². The molecule has 0 saturated heterocycles. The summed E-state index contributed by atoms with van der Waals surface area (Å²) in [4.78, 5) is 0. The second-order valence-electron chi connectivity index (χ2n) is 7.91. The standard InChI is InChI=1S/C21H26.2CH3.Hf/c1-21(2,19-11-15-7-3-4-8-16(15)12-19)20-13-17-9-5-6-10-18(17)14-20;;;/h3-11,13,15-20H,12,14H2,1-2H3;2*1H3;/q-2;2*-1;+4. The van der Waals surface area contributed by atoms with E-state index in [0.29, 0.717) is 17.3 Å². The van der Waals surface area contributed by atoms with Gasteiger partial charge in [-0.25, -0.2) is 0 Å². The van der Waals surface area contributed by atoms with Crippen molar-refractivity contribution < 1.29 is 25.8 Å². The maximum Gasteiger partial charge on any atom is 4.00 e. The number of fused-ring (bicyclic) bond motifs is 2. The van der Waals surface area contributed by atoms with Gasteiger partial charge in [-0.2, -0.15) is 11.8 Å². The molecule has 2 saturated carbocycles. The van der Waals surface area contributed by atoms with E-state index < -0.39 is 0 Å². The van der Waals surface area contributed by atoms with E-state index in [9.17, 15) is 0 Å². The van der Waals surface area contributed by atoms with Gasteiger partial charge in [-0.05, 0) is 11.8 Å². The van der Waals surface area contributed by atoms with Gasteiger partial charge < -0.3 is 27.7 Å². The summed E-state index contributed by atoms with van der Waals surface area (Å²) in [5.74, 6) is 4.36. The predicted octanol–water partition coefficient (Wildman–Crippen LogP) is 6.08. The van der Waals surface area contributed by atoms with Crippen molar-refractivity contribution in [2.24, 2.45) is 40.9 Å². The molecule has 0 N–H and O–H groups in total. The van der Waals surface area contributed by atoms with Crippen LogP contribution in [0.4, 0.5) is 0 Å². The predicted molar refractivity (Wildman–Crippen MR) is 102 cm³/mol. The quantitative estimate of drug-likeness (QED) is 0.328. The first-order valence-electron chi connectivity index (χ1n) is 8.54. The normalized spacial score (nSPS) is 38.6. The maximum absolute atomic E-state index is 2.64. The minimum Gasteiger partial charge on any atom is -0.358 e. The summed E-state index contributed by atoms with van der Waals surface area (Å²) in [6.45, 7) is 5.01. The fourth-order valence-corrected chi connectivity index (χ4v) is 4.88. The zero-order valence-corrected chi connectivity index (χ0v) is 19.2. The van der Waals surface area contributed by atoms with E-state index in [-0.39, 0.29) is 40.7 Å². The van der Waals surface area contributed by atoms with E-state index >= 15 is 0 Å². The molecular formula is C23H32Hf. The molecule has 0 heterocycles. The van der Waals surface area contributed by atoms with Crippen molar-refractivity contribution in [1.82, 2.24) is 0 Å². The fourth-order valence-electron chi connectivity index (χ4n) is 4.88. The summed E-state index contributed by atoms with van der Waals surface area (Å²) in [6.07, 6.45) is 26.5. The Hall–Kier alpha value is -0.170. The van der Waals surface area contributed by atoms with E-state index in [2.05, 4.69) is 75.3 Å². The monoisotopic (exact) mass is 488 g/mol. The van der Waals surface area contributed by atoms with E-state index in [1.54, 1.807) is 0 Å². The third-order valence-electron chi connectivity index (χ3n) is 6.47. The molecule has 4 aliphatic rings. The molecule has 2 fully saturated rings. The van der Waals surface area contributed by atoms with Gasteiger partial charge in [0.15, 0.2) is 0 Å². The molecular weight excluding hydrogens is 455 g/mol. The Morgan fingerprint density at radius 1 is 0.708 bits per heavy atom. The molecule has 128 valence electrons. The van der Waals surface area contributed by atoms with E-state index in [0.717, 1.165) is 23.7 Å². The Balaban J connectivity index is 0.000000960. The first kappa shape index (κ1) is 21.9. The number of rotatable bonds is 2. The van der Waals surface area contributed by atoms with Crippen molar-refractivity contribution >= 4 is 0 Å². The minimum atomic E-state index is 0. The Labute approximate surface area is 169 Å². The smallest absolute Gasteiger partial charge is 0.358 e. The van der Waals surface area contributed by atoms with Crippen LogP contribution >= 0.6 is 0 Å². The molecule has 1 heteroatoms. The van der Waals surface area contributed by atoms with Gasteiger partial charge in [-0.15, -0.1) is 24.0 Å². The molecule has 0 amide bonds. The van der Waals surface area contributed by atoms with Gasteiger partial charge in [-0.1, -0.05) is 68.6 Å². The Morgan fingerprint density at radius 3 is 1.46 bits per heavy atom. The molecule has 0 aromatic carbocycles. The van der Waals surface area contributed by atoms with Crippen LogP contribution in [0.5, 0.6) is 0 Å². The molecule has 0 aromatic heterocycles. The summed E-state index contributed by atoms with van der Waals surface area (Å²) in [5.41, 5.74) is 0.387. The number of hydrogen-bond donors (Lipinski definition) is 0. The molecule has 0 bridgehead atoms. The molecule has 0 nitrogen and oxygen atoms in total. The number of hydrogen-bond acceptors (Lipinski definition) is 0. The van der Waals surface area contributed by atoms with Crippen LogP contribution in [0, 0.1) is 68.6 Å². The van der Waals surface area contributed by atoms with Crippen LogP contribution in [0.25, 0.3) is 0 Å². The average molecular weight is 487 g/mol. The molecule has 6 unspecified atom stereocenters. The van der Waals surface area contributed by atoms with Crippen molar-refractivity contribution in [2.45, 2.75) is 26.7 Å². The zero-order chi connectivity index (χ0) is 14.4. The molecule has 0 spiro atoms. The molecule has 4 rings (SSSR count). The SMILES string of the molecule is CC(C)(C1[CH-]C2C=CC=CC2C1)C1[CH-]C2C=CC=CC2C1.[CH3-].[CH3-].[Hf+4]. The zero-order valence-electron chi connectivity index (χ0n) is 15.7. The van der Waals surface area contributed by atoms with Gasteiger partial charge in [-0.3, -0.25) is 0 Å². The van der Waals surface area contributed by atoms with Gasteiger partial charge in [0, 0.05) is 0 Å². The van der Waals surface area contributed by atoms with Crippen molar-refractivity contribution in [3.63, 3.8) is 0 Å². The van der Waals surface area contributed by atoms with Crippen LogP contribution in [0.3, 0.4) is 0 Å². The van der Waals surface area contributed by atoms with Crippen molar-refractivity contribution in [3.8, 4) is 0 Å². The van der Waals surface area contributed by atoms with Gasteiger partial charge >= 0.3 is 25.8 Å². The third-order valence-corrected chi connectivity index (χ3v) is 6.47. The molecule has 4 aliphatic carbocycles. The van der Waals surface area contributed by atoms with Crippen LogP contribution in [0.2, 0.25) is 0 Å². The van der Waals surface area contributed by atoms with Gasteiger partial charge in [0.25, 0.3) is 0 Å². The molecule has 0 aromatic rings. The maximum atomic E-state index is 2.64. The number of allylic oxidation sites excluding steroid dienone is 8. The Kier molecular flexibility index (Phi) is 7.72. The van der Waals surface area contributed by atoms with Gasteiger partial charge in [0.1, 0.15) is 0 Å². The van der Waals surface area contributed by atoms with Crippen LogP contribution < -0.4 is 0 Å². The van der Waals surface area contributed by atoms with Crippen molar-refractivity contribution in [3.05, 3.63) is 76.3 Å². The Morgan fingerprint density at radius 2 is 1.08 bits per heavy atom. The summed E-state index contributed by atoms with van der Waals surface area (Å²) >= 11 is 0. The summed E-state index contributed by atoms with van der Waals surface area (Å²) < 4.78 is 0. The Bertz CT molecular complexity index is 436. The van der Waals surface area contributed by atoms with E-state index in [1.807, 2.05) is 0 Å². The summed E-state index contributed by atoms with van der Waals surface area (Å²) in [5, 5.41) is 0. The molecule has 0 radical (unpaired) electrons. The van der Waals surface area contributed by atoms with Crippen molar-refractivity contribution in [2.75, 3.05) is 0 Å². The first-order chi connectivity index (χ1) is 10.1. The first-order valence-corrected chi connectivity index (χ1v) is 8.54. The summed E-state index contributed by atoms with van der Waals surface area (Å²) in [7, 11) is 0. The second-order valence-corrected chi connectivity index (χ2v) is 7.91.